The third kappa shape index (κ3) is 7.49. The van der Waals surface area contributed by atoms with Gasteiger partial charge in [-0.2, -0.15) is 0 Å². The van der Waals surface area contributed by atoms with E-state index >= 15 is 0 Å². The van der Waals surface area contributed by atoms with Crippen LogP contribution >= 0.6 is 0 Å². The van der Waals surface area contributed by atoms with Crippen molar-refractivity contribution in [2.75, 3.05) is 20.8 Å². The van der Waals surface area contributed by atoms with Crippen molar-refractivity contribution in [1.82, 2.24) is 10.6 Å². The Bertz CT molecular complexity index is 793. The molecule has 0 fully saturated rings. The van der Waals surface area contributed by atoms with Crippen LogP contribution < -0.4 is 20.1 Å². The first-order chi connectivity index (χ1) is 14.0. The molecule has 2 rings (SSSR count). The van der Waals surface area contributed by atoms with Crippen molar-refractivity contribution < 1.29 is 19.1 Å². The highest BCUT2D eigenvalue weighted by Crippen LogP contribution is 2.27. The topological polar surface area (TPSA) is 76.7 Å². The first kappa shape index (κ1) is 22.3. The Kier molecular flexibility index (Phi) is 9.02. The molecule has 2 amide bonds. The van der Waals surface area contributed by atoms with Crippen molar-refractivity contribution in [3.63, 3.8) is 0 Å². The van der Waals surface area contributed by atoms with E-state index in [1.165, 1.54) is 0 Å². The lowest BCUT2D eigenvalue weighted by Crippen LogP contribution is -2.28. The minimum Gasteiger partial charge on any atom is -0.493 e. The largest absolute Gasteiger partial charge is 0.493 e. The number of nitrogens with one attached hydrogen (secondary N) is 2. The van der Waals surface area contributed by atoms with Crippen LogP contribution in [0.4, 0.5) is 0 Å². The molecule has 0 unspecified atom stereocenters. The second kappa shape index (κ2) is 11.7. The van der Waals surface area contributed by atoms with E-state index in [4.69, 9.17) is 9.47 Å². The van der Waals surface area contributed by atoms with Gasteiger partial charge >= 0.3 is 0 Å². The van der Waals surface area contributed by atoms with E-state index in [1.54, 1.807) is 14.2 Å². The summed E-state index contributed by atoms with van der Waals surface area (Å²) >= 11 is 0. The Morgan fingerprint density at radius 1 is 0.931 bits per heavy atom. The zero-order valence-corrected chi connectivity index (χ0v) is 17.4. The van der Waals surface area contributed by atoms with Crippen LogP contribution in [0.2, 0.25) is 0 Å². The highest BCUT2D eigenvalue weighted by molar-refractivity contribution is 5.79. The molecule has 1 atom stereocenters. The van der Waals surface area contributed by atoms with Gasteiger partial charge in [0.2, 0.25) is 11.8 Å². The fourth-order valence-corrected chi connectivity index (χ4v) is 3.02. The fourth-order valence-electron chi connectivity index (χ4n) is 3.02. The SMILES string of the molecule is COc1ccc(CCNC(=O)CCCC(=O)N[C@H](C)c2ccccc2)cc1OC. The fraction of sp³-hybridized carbons (Fsp3) is 0.391. The monoisotopic (exact) mass is 398 g/mol. The molecule has 156 valence electrons. The average Bonchev–Trinajstić information content (AvgIpc) is 2.74. The van der Waals surface area contributed by atoms with Crippen LogP contribution in [0.25, 0.3) is 0 Å². The minimum absolute atomic E-state index is 0.0421. The Balaban J connectivity index is 1.64. The average molecular weight is 399 g/mol. The molecule has 0 aliphatic carbocycles. The van der Waals surface area contributed by atoms with Gasteiger partial charge in [0.05, 0.1) is 20.3 Å². The summed E-state index contributed by atoms with van der Waals surface area (Å²) in [5.41, 5.74) is 2.12. The predicted molar refractivity (Wildman–Crippen MR) is 113 cm³/mol. The van der Waals surface area contributed by atoms with E-state index in [1.807, 2.05) is 55.5 Å². The molecule has 0 aliphatic rings. The molecule has 0 radical (unpaired) electrons. The van der Waals surface area contributed by atoms with Crippen LogP contribution in [0.5, 0.6) is 11.5 Å². The number of methoxy groups -OCH3 is 2. The van der Waals surface area contributed by atoms with Crippen molar-refractivity contribution in [2.24, 2.45) is 0 Å². The molecule has 0 saturated heterocycles. The first-order valence-corrected chi connectivity index (χ1v) is 9.85. The Morgan fingerprint density at radius 2 is 1.62 bits per heavy atom. The number of benzene rings is 2. The van der Waals surface area contributed by atoms with Crippen LogP contribution in [0.15, 0.2) is 48.5 Å². The molecule has 0 aromatic heterocycles. The summed E-state index contributed by atoms with van der Waals surface area (Å²) in [7, 11) is 3.19. The lowest BCUT2D eigenvalue weighted by molar-refractivity contribution is -0.122. The molecule has 0 spiro atoms. The third-order valence-electron chi connectivity index (χ3n) is 4.67. The molecule has 0 heterocycles. The number of ether oxygens (including phenoxy) is 2. The standard InChI is InChI=1S/C23H30N2O4/c1-17(19-8-5-4-6-9-19)25-23(27)11-7-10-22(26)24-15-14-18-12-13-20(28-2)21(16-18)29-3/h4-6,8-9,12-13,16-17H,7,10-11,14-15H2,1-3H3,(H,24,26)(H,25,27)/t17-/m1/s1. The van der Waals surface area contributed by atoms with E-state index in [0.29, 0.717) is 43.7 Å². The van der Waals surface area contributed by atoms with E-state index in [9.17, 15) is 9.59 Å². The number of amides is 2. The number of carbonyl (C=O) groups excluding carboxylic acids is 2. The predicted octanol–water partition coefficient (Wildman–Crippen LogP) is 3.41. The Labute approximate surface area is 172 Å². The number of carbonyl (C=O) groups is 2. The van der Waals surface area contributed by atoms with Crippen molar-refractivity contribution in [2.45, 2.75) is 38.6 Å². The van der Waals surface area contributed by atoms with Crippen molar-refractivity contribution in [1.29, 1.82) is 0 Å². The van der Waals surface area contributed by atoms with Gasteiger partial charge in [-0.25, -0.2) is 0 Å². The Morgan fingerprint density at radius 3 is 2.31 bits per heavy atom. The zero-order valence-electron chi connectivity index (χ0n) is 17.4. The van der Waals surface area contributed by atoms with Gasteiger partial charge in [-0.3, -0.25) is 9.59 Å². The molecular formula is C23H30N2O4. The molecule has 6 nitrogen and oxygen atoms in total. The highest BCUT2D eigenvalue weighted by Gasteiger charge is 2.10. The first-order valence-electron chi connectivity index (χ1n) is 9.85. The smallest absolute Gasteiger partial charge is 0.220 e. The molecular weight excluding hydrogens is 368 g/mol. The Hall–Kier alpha value is -3.02. The number of hydrogen-bond donors (Lipinski definition) is 2. The molecule has 6 heteroatoms. The van der Waals surface area contributed by atoms with Crippen LogP contribution in [0.1, 0.15) is 43.4 Å². The summed E-state index contributed by atoms with van der Waals surface area (Å²) in [4.78, 5) is 24.0. The summed E-state index contributed by atoms with van der Waals surface area (Å²) in [6.07, 6.45) is 1.88. The maximum Gasteiger partial charge on any atom is 0.220 e. The van der Waals surface area contributed by atoms with E-state index in [2.05, 4.69) is 10.6 Å². The van der Waals surface area contributed by atoms with Crippen LogP contribution in [0, 0.1) is 0 Å². The van der Waals surface area contributed by atoms with Gasteiger partial charge in [-0.15, -0.1) is 0 Å². The second-order valence-corrected chi connectivity index (χ2v) is 6.84. The molecule has 29 heavy (non-hydrogen) atoms. The number of rotatable bonds is 11. The summed E-state index contributed by atoms with van der Waals surface area (Å²) in [5, 5.41) is 5.86. The summed E-state index contributed by atoms with van der Waals surface area (Å²) in [6, 6.07) is 15.5. The van der Waals surface area contributed by atoms with Gasteiger partial charge in [0.25, 0.3) is 0 Å². The lowest BCUT2D eigenvalue weighted by atomic mass is 10.1. The lowest BCUT2D eigenvalue weighted by Gasteiger charge is -2.14. The van der Waals surface area contributed by atoms with Gasteiger partial charge in [0.15, 0.2) is 11.5 Å². The molecule has 2 N–H and O–H groups in total. The van der Waals surface area contributed by atoms with E-state index < -0.39 is 0 Å². The quantitative estimate of drug-likeness (QED) is 0.608. The molecule has 0 aliphatic heterocycles. The molecule has 0 bridgehead atoms. The van der Waals surface area contributed by atoms with E-state index in [-0.39, 0.29) is 17.9 Å². The van der Waals surface area contributed by atoms with Crippen molar-refractivity contribution in [3.05, 3.63) is 59.7 Å². The normalized spacial score (nSPS) is 11.4. The second-order valence-electron chi connectivity index (χ2n) is 6.84. The van der Waals surface area contributed by atoms with Crippen LogP contribution in [-0.4, -0.2) is 32.6 Å². The third-order valence-corrected chi connectivity index (χ3v) is 4.67. The molecule has 2 aromatic carbocycles. The summed E-state index contributed by atoms with van der Waals surface area (Å²) < 4.78 is 10.5. The van der Waals surface area contributed by atoms with Gasteiger partial charge in [0.1, 0.15) is 0 Å². The number of hydrogen-bond acceptors (Lipinski definition) is 4. The van der Waals surface area contributed by atoms with Gasteiger partial charge in [-0.05, 0) is 43.0 Å². The van der Waals surface area contributed by atoms with Crippen LogP contribution in [0.3, 0.4) is 0 Å². The van der Waals surface area contributed by atoms with Crippen molar-refractivity contribution >= 4 is 11.8 Å². The summed E-state index contributed by atoms with van der Waals surface area (Å²) in [6.45, 7) is 2.49. The molecule has 2 aromatic rings. The van der Waals surface area contributed by atoms with Gasteiger partial charge < -0.3 is 20.1 Å². The molecule has 0 saturated carbocycles. The zero-order chi connectivity index (χ0) is 21.1. The van der Waals surface area contributed by atoms with Crippen LogP contribution in [-0.2, 0) is 16.0 Å². The van der Waals surface area contributed by atoms with Gasteiger partial charge in [-0.1, -0.05) is 36.4 Å². The maximum absolute atomic E-state index is 12.1. The summed E-state index contributed by atoms with van der Waals surface area (Å²) in [5.74, 6) is 1.26. The minimum atomic E-state index is -0.0469. The van der Waals surface area contributed by atoms with Crippen molar-refractivity contribution in [3.8, 4) is 11.5 Å². The van der Waals surface area contributed by atoms with Gasteiger partial charge in [0, 0.05) is 19.4 Å². The maximum atomic E-state index is 12.1. The van der Waals surface area contributed by atoms with E-state index in [0.717, 1.165) is 11.1 Å². The highest BCUT2D eigenvalue weighted by atomic mass is 16.5.